The second-order valence-electron chi connectivity index (χ2n) is 4.06. The molecule has 0 spiro atoms. The van der Waals surface area contributed by atoms with E-state index < -0.39 is 0 Å². The minimum Gasteiger partial charge on any atom is -0.379 e. The van der Waals surface area contributed by atoms with Gasteiger partial charge in [-0.1, -0.05) is 30.3 Å². The predicted molar refractivity (Wildman–Crippen MR) is 59.6 cm³/mol. The fourth-order valence-corrected chi connectivity index (χ4v) is 1.42. The molecule has 0 heterocycles. The van der Waals surface area contributed by atoms with Gasteiger partial charge in [-0.15, -0.1) is 0 Å². The molecule has 82 valence electrons. The molecule has 0 atom stereocenters. The van der Waals surface area contributed by atoms with E-state index in [2.05, 4.69) is 12.1 Å². The topological polar surface area (TPSA) is 18.5 Å². The Bertz CT molecular complexity index is 267. The predicted octanol–water partition coefficient (Wildman–Crippen LogP) is 2.63. The summed E-state index contributed by atoms with van der Waals surface area (Å²) in [7, 11) is 0. The van der Waals surface area contributed by atoms with Gasteiger partial charge < -0.3 is 9.47 Å². The molecule has 2 heteroatoms. The summed E-state index contributed by atoms with van der Waals surface area (Å²) >= 11 is 0. The van der Waals surface area contributed by atoms with Crippen molar-refractivity contribution in [2.24, 2.45) is 5.92 Å². The Morgan fingerprint density at radius 2 is 1.73 bits per heavy atom. The third-order valence-corrected chi connectivity index (χ3v) is 2.53. The Hall–Kier alpha value is -0.860. The second kappa shape index (κ2) is 5.89. The lowest BCUT2D eigenvalue weighted by molar-refractivity contribution is 0.0369. The largest absolute Gasteiger partial charge is 0.379 e. The Labute approximate surface area is 91.2 Å². The van der Waals surface area contributed by atoms with Crippen molar-refractivity contribution in [2.45, 2.75) is 19.4 Å². The smallest absolute Gasteiger partial charge is 0.0718 e. The number of hydrogen-bond donors (Lipinski definition) is 0. The van der Waals surface area contributed by atoms with Gasteiger partial charge >= 0.3 is 0 Å². The standard InChI is InChI=1S/C13H18O2/c1-2-4-12(5-3-1)10-14-8-9-15-11-13-6-7-13/h1-5,13H,6-11H2. The molecule has 1 aromatic carbocycles. The highest BCUT2D eigenvalue weighted by Gasteiger charge is 2.20. The third kappa shape index (κ3) is 4.45. The monoisotopic (exact) mass is 206 g/mol. The average Bonchev–Trinajstić information content (AvgIpc) is 3.09. The molecule has 2 rings (SSSR count). The first kappa shape index (κ1) is 10.7. The zero-order valence-electron chi connectivity index (χ0n) is 9.02. The third-order valence-electron chi connectivity index (χ3n) is 2.53. The summed E-state index contributed by atoms with van der Waals surface area (Å²) in [6.07, 6.45) is 2.70. The Balaban J connectivity index is 1.47. The van der Waals surface area contributed by atoms with Gasteiger partial charge in [-0.25, -0.2) is 0 Å². The SMILES string of the molecule is c1ccc(COCCOCC2CC2)cc1. The molecular formula is C13H18O2. The normalized spacial score (nSPS) is 15.5. The lowest BCUT2D eigenvalue weighted by Crippen LogP contribution is -2.06. The molecule has 0 aromatic heterocycles. The zero-order chi connectivity index (χ0) is 10.3. The summed E-state index contributed by atoms with van der Waals surface area (Å²) in [6, 6.07) is 10.2. The van der Waals surface area contributed by atoms with Crippen molar-refractivity contribution >= 4 is 0 Å². The summed E-state index contributed by atoms with van der Waals surface area (Å²) in [4.78, 5) is 0. The Morgan fingerprint density at radius 1 is 1.00 bits per heavy atom. The fraction of sp³-hybridized carbons (Fsp3) is 0.538. The van der Waals surface area contributed by atoms with E-state index in [1.54, 1.807) is 0 Å². The van der Waals surface area contributed by atoms with Crippen molar-refractivity contribution in [3.8, 4) is 0 Å². The van der Waals surface area contributed by atoms with Crippen LogP contribution in [0.25, 0.3) is 0 Å². The number of ether oxygens (including phenoxy) is 2. The van der Waals surface area contributed by atoms with Crippen molar-refractivity contribution in [3.05, 3.63) is 35.9 Å². The molecule has 0 radical (unpaired) electrons. The van der Waals surface area contributed by atoms with E-state index >= 15 is 0 Å². The summed E-state index contributed by atoms with van der Waals surface area (Å²) < 4.78 is 11.0. The van der Waals surface area contributed by atoms with Gasteiger partial charge in [-0.2, -0.15) is 0 Å². The molecule has 1 fully saturated rings. The van der Waals surface area contributed by atoms with Gasteiger partial charge in [0.25, 0.3) is 0 Å². The quantitative estimate of drug-likeness (QED) is 0.638. The van der Waals surface area contributed by atoms with Gasteiger partial charge in [0, 0.05) is 6.61 Å². The van der Waals surface area contributed by atoms with Crippen LogP contribution in [-0.2, 0) is 16.1 Å². The highest BCUT2D eigenvalue weighted by molar-refractivity contribution is 5.13. The van der Waals surface area contributed by atoms with E-state index in [4.69, 9.17) is 9.47 Å². The first-order valence-corrected chi connectivity index (χ1v) is 5.64. The van der Waals surface area contributed by atoms with Crippen molar-refractivity contribution in [3.63, 3.8) is 0 Å². The lowest BCUT2D eigenvalue weighted by Gasteiger charge is -2.05. The number of benzene rings is 1. The van der Waals surface area contributed by atoms with Crippen LogP contribution in [0.5, 0.6) is 0 Å². The highest BCUT2D eigenvalue weighted by atomic mass is 16.5. The molecule has 0 bridgehead atoms. The molecule has 1 aromatic rings. The zero-order valence-corrected chi connectivity index (χ0v) is 9.02. The van der Waals surface area contributed by atoms with Crippen LogP contribution < -0.4 is 0 Å². The number of hydrogen-bond acceptors (Lipinski definition) is 2. The van der Waals surface area contributed by atoms with Crippen LogP contribution in [0, 0.1) is 5.92 Å². The van der Waals surface area contributed by atoms with E-state index in [9.17, 15) is 0 Å². The maximum atomic E-state index is 5.50. The van der Waals surface area contributed by atoms with Crippen LogP contribution in [0.15, 0.2) is 30.3 Å². The average molecular weight is 206 g/mol. The molecule has 0 saturated heterocycles. The minimum atomic E-state index is 0.688. The fourth-order valence-electron chi connectivity index (χ4n) is 1.42. The molecule has 2 nitrogen and oxygen atoms in total. The van der Waals surface area contributed by atoms with Crippen molar-refractivity contribution in [1.29, 1.82) is 0 Å². The van der Waals surface area contributed by atoms with E-state index in [0.29, 0.717) is 13.2 Å². The molecule has 0 aliphatic heterocycles. The number of rotatable bonds is 7. The van der Waals surface area contributed by atoms with Crippen LogP contribution in [0.4, 0.5) is 0 Å². The van der Waals surface area contributed by atoms with E-state index in [-0.39, 0.29) is 0 Å². The summed E-state index contributed by atoms with van der Waals surface area (Å²) in [5.74, 6) is 0.846. The molecule has 1 saturated carbocycles. The van der Waals surface area contributed by atoms with Crippen LogP contribution in [-0.4, -0.2) is 19.8 Å². The molecule has 0 unspecified atom stereocenters. The van der Waals surface area contributed by atoms with E-state index in [0.717, 1.165) is 19.1 Å². The summed E-state index contributed by atoms with van der Waals surface area (Å²) in [5, 5.41) is 0. The second-order valence-corrected chi connectivity index (χ2v) is 4.06. The van der Waals surface area contributed by atoms with Crippen LogP contribution in [0.3, 0.4) is 0 Å². The van der Waals surface area contributed by atoms with E-state index in [1.165, 1.54) is 18.4 Å². The van der Waals surface area contributed by atoms with Crippen LogP contribution in [0.2, 0.25) is 0 Å². The maximum absolute atomic E-state index is 5.50. The lowest BCUT2D eigenvalue weighted by atomic mass is 10.2. The van der Waals surface area contributed by atoms with Gasteiger partial charge in [-0.05, 0) is 24.3 Å². The van der Waals surface area contributed by atoms with Crippen molar-refractivity contribution in [2.75, 3.05) is 19.8 Å². The van der Waals surface area contributed by atoms with Crippen molar-refractivity contribution in [1.82, 2.24) is 0 Å². The molecule has 0 amide bonds. The van der Waals surface area contributed by atoms with Gasteiger partial charge in [0.1, 0.15) is 0 Å². The Morgan fingerprint density at radius 3 is 2.47 bits per heavy atom. The highest BCUT2D eigenvalue weighted by Crippen LogP contribution is 2.28. The van der Waals surface area contributed by atoms with Crippen LogP contribution in [0.1, 0.15) is 18.4 Å². The van der Waals surface area contributed by atoms with Gasteiger partial charge in [0.2, 0.25) is 0 Å². The summed E-state index contributed by atoms with van der Waals surface area (Å²) in [6.45, 7) is 3.03. The molecule has 15 heavy (non-hydrogen) atoms. The first-order chi connectivity index (χ1) is 7.45. The van der Waals surface area contributed by atoms with Crippen molar-refractivity contribution < 1.29 is 9.47 Å². The molecule has 0 N–H and O–H groups in total. The molecular weight excluding hydrogens is 188 g/mol. The van der Waals surface area contributed by atoms with E-state index in [1.807, 2.05) is 18.2 Å². The first-order valence-electron chi connectivity index (χ1n) is 5.64. The van der Waals surface area contributed by atoms with Gasteiger partial charge in [0.05, 0.1) is 19.8 Å². The van der Waals surface area contributed by atoms with Gasteiger partial charge in [0.15, 0.2) is 0 Å². The molecule has 1 aliphatic rings. The summed E-state index contributed by atoms with van der Waals surface area (Å²) in [5.41, 5.74) is 1.22. The Kier molecular flexibility index (Phi) is 4.18. The maximum Gasteiger partial charge on any atom is 0.0718 e. The van der Waals surface area contributed by atoms with Crippen LogP contribution >= 0.6 is 0 Å². The minimum absolute atomic E-state index is 0.688. The van der Waals surface area contributed by atoms with Gasteiger partial charge in [-0.3, -0.25) is 0 Å². The molecule has 1 aliphatic carbocycles.